The molecule has 0 saturated carbocycles. The van der Waals surface area contributed by atoms with E-state index in [9.17, 15) is 0 Å². The van der Waals surface area contributed by atoms with Crippen molar-refractivity contribution in [3.63, 3.8) is 0 Å². The van der Waals surface area contributed by atoms with Crippen molar-refractivity contribution in [2.24, 2.45) is 0 Å². The fourth-order valence-corrected chi connectivity index (χ4v) is 13.5. The Balaban J connectivity index is 1.12. The second-order valence-corrected chi connectivity index (χ2v) is 24.9. The Kier molecular flexibility index (Phi) is 23.7. The van der Waals surface area contributed by atoms with E-state index in [1.165, 1.54) is 156 Å². The van der Waals surface area contributed by atoms with Crippen molar-refractivity contribution in [3.8, 4) is 23.7 Å². The summed E-state index contributed by atoms with van der Waals surface area (Å²) in [4.78, 5) is 15.4. The van der Waals surface area contributed by atoms with Crippen LogP contribution < -0.4 is 19.6 Å². The van der Waals surface area contributed by atoms with Crippen LogP contribution in [0.3, 0.4) is 0 Å². The van der Waals surface area contributed by atoms with Crippen LogP contribution in [-0.4, -0.2) is 39.3 Å². The van der Waals surface area contributed by atoms with E-state index < -0.39 is 0 Å². The van der Waals surface area contributed by atoms with E-state index >= 15 is 0 Å². The zero-order valence-electron chi connectivity index (χ0n) is 51.3. The molecule has 0 spiro atoms. The minimum atomic E-state index is 0.965. The SMILES string of the molecule is CCCCCCN1c2ccccc2Sc2cc(/C=C/c3cc(C#Cc4ccc(N(CCCC)CCCC)cc4)c(/C=C/c4ccc5c(c4)Sc4ccccc4N5CCCCCC)cc3C#Cc3ccc(N(CCCC)CCCC)cc3)ccc21. The summed E-state index contributed by atoms with van der Waals surface area (Å²) in [6.45, 7) is 20.0. The van der Waals surface area contributed by atoms with Gasteiger partial charge in [-0.1, -0.05) is 214 Å². The van der Waals surface area contributed by atoms with E-state index in [1.54, 1.807) is 0 Å². The number of rotatable bonds is 28. The predicted octanol–water partition coefficient (Wildman–Crippen LogP) is 22.0. The Hall–Kier alpha value is -6.96. The summed E-state index contributed by atoms with van der Waals surface area (Å²) in [7, 11) is 0. The standard InChI is InChI=1S/C78H90N4S2/c1-7-13-19-25-55-81-71-27-21-23-29-75(71)83-77-57-63(39-49-73(77)81)33-43-67-59-66(42-32-62-37-47-70(48-38-62)80(53-17-11-5)54-18-12-6)68(60-65(67)41-31-61-35-45-69(46-36-61)79(51-15-9-3)52-16-10-4)44-34-64-40-50-74-78(58-64)84-76-30-24-22-28-72(76)82(74)56-26-20-14-8-2/h21-24,27-30,33-40,43-50,57-60H,7-20,25-26,51-56H2,1-6H3/b43-33+,44-34+. The molecule has 0 aliphatic carbocycles. The normalized spacial score (nSPS) is 12.3. The molecule has 0 fully saturated rings. The van der Waals surface area contributed by atoms with Crippen LogP contribution in [0, 0.1) is 23.7 Å². The van der Waals surface area contributed by atoms with E-state index in [0.29, 0.717) is 0 Å². The summed E-state index contributed by atoms with van der Waals surface area (Å²) in [6.07, 6.45) is 28.4. The molecule has 4 nitrogen and oxygen atoms in total. The molecule has 2 aliphatic heterocycles. The Bertz CT molecular complexity index is 3180. The van der Waals surface area contributed by atoms with Gasteiger partial charge >= 0.3 is 0 Å². The second kappa shape index (κ2) is 32.4. The van der Waals surface area contributed by atoms with Gasteiger partial charge in [0.25, 0.3) is 0 Å². The van der Waals surface area contributed by atoms with Gasteiger partial charge in [0, 0.05) is 92.5 Å². The molecule has 0 aromatic heterocycles. The minimum absolute atomic E-state index is 0.965. The molecule has 0 saturated heterocycles. The van der Waals surface area contributed by atoms with Crippen LogP contribution in [0.5, 0.6) is 0 Å². The molecule has 0 atom stereocenters. The van der Waals surface area contributed by atoms with Crippen molar-refractivity contribution in [3.05, 3.63) is 190 Å². The summed E-state index contributed by atoms with van der Waals surface area (Å²) in [5, 5.41) is 0. The molecule has 0 unspecified atom stereocenters. The lowest BCUT2D eigenvalue weighted by Gasteiger charge is -2.33. The maximum absolute atomic E-state index is 3.72. The van der Waals surface area contributed by atoms with Gasteiger partial charge in [0.1, 0.15) is 0 Å². The number of hydrogen-bond donors (Lipinski definition) is 0. The number of hydrogen-bond acceptors (Lipinski definition) is 6. The van der Waals surface area contributed by atoms with Crippen LogP contribution in [0.4, 0.5) is 34.1 Å². The Labute approximate surface area is 515 Å². The largest absolute Gasteiger partial charge is 0.372 e. The van der Waals surface area contributed by atoms with Crippen LogP contribution in [-0.2, 0) is 0 Å². The number of nitrogens with zero attached hydrogens (tertiary/aromatic N) is 4. The summed E-state index contributed by atoms with van der Waals surface area (Å²) >= 11 is 3.76. The first kappa shape index (κ1) is 61.6. The van der Waals surface area contributed by atoms with Crippen LogP contribution in [0.2, 0.25) is 0 Å². The first-order valence-corrected chi connectivity index (χ1v) is 33.7. The Morgan fingerprint density at radius 2 is 0.714 bits per heavy atom. The van der Waals surface area contributed by atoms with Gasteiger partial charge in [-0.05, 0) is 170 Å². The molecule has 7 aromatic carbocycles. The van der Waals surface area contributed by atoms with Gasteiger partial charge in [0.05, 0.1) is 22.7 Å². The van der Waals surface area contributed by atoms with Gasteiger partial charge < -0.3 is 19.6 Å². The van der Waals surface area contributed by atoms with E-state index in [0.717, 1.165) is 83.8 Å². The molecule has 6 heteroatoms. The van der Waals surface area contributed by atoms with Gasteiger partial charge in [0.15, 0.2) is 0 Å². The average Bonchev–Trinajstić information content (AvgIpc) is 2.97. The number of benzene rings is 7. The maximum Gasteiger partial charge on any atom is 0.0553 e. The van der Waals surface area contributed by atoms with Crippen molar-refractivity contribution in [2.75, 3.05) is 58.9 Å². The zero-order chi connectivity index (χ0) is 58.3. The maximum atomic E-state index is 3.72. The third-order valence-corrected chi connectivity index (χ3v) is 18.4. The summed E-state index contributed by atoms with van der Waals surface area (Å²) in [5.41, 5.74) is 16.1. The predicted molar refractivity (Wildman–Crippen MR) is 370 cm³/mol. The molecule has 0 radical (unpaired) electrons. The highest BCUT2D eigenvalue weighted by atomic mass is 32.2. The lowest BCUT2D eigenvalue weighted by Crippen LogP contribution is -2.25. The minimum Gasteiger partial charge on any atom is -0.372 e. The monoisotopic (exact) mass is 1150 g/mol. The Morgan fingerprint density at radius 3 is 1.10 bits per heavy atom. The molecule has 0 amide bonds. The van der Waals surface area contributed by atoms with Crippen molar-refractivity contribution >= 4 is 82.0 Å². The van der Waals surface area contributed by atoms with Gasteiger partial charge in [-0.3, -0.25) is 0 Å². The Morgan fingerprint density at radius 1 is 0.345 bits per heavy atom. The molecule has 0 bridgehead atoms. The van der Waals surface area contributed by atoms with Crippen molar-refractivity contribution in [1.82, 2.24) is 0 Å². The molecule has 9 rings (SSSR count). The highest BCUT2D eigenvalue weighted by molar-refractivity contribution is 8.00. The van der Waals surface area contributed by atoms with Crippen molar-refractivity contribution < 1.29 is 0 Å². The average molecular weight is 1150 g/mol. The lowest BCUT2D eigenvalue weighted by molar-refractivity contribution is 0.665. The molecular weight excluding hydrogens is 1060 g/mol. The fourth-order valence-electron chi connectivity index (χ4n) is 11.2. The van der Waals surface area contributed by atoms with E-state index in [2.05, 4.69) is 255 Å². The highest BCUT2D eigenvalue weighted by Gasteiger charge is 2.25. The third kappa shape index (κ3) is 16.7. The summed E-state index contributed by atoms with van der Waals surface area (Å²) in [5.74, 6) is 14.7. The van der Waals surface area contributed by atoms with Crippen LogP contribution in [0.25, 0.3) is 24.3 Å². The van der Waals surface area contributed by atoms with Gasteiger partial charge in [-0.2, -0.15) is 0 Å². The molecule has 84 heavy (non-hydrogen) atoms. The molecule has 7 aromatic rings. The highest BCUT2D eigenvalue weighted by Crippen LogP contribution is 2.50. The topological polar surface area (TPSA) is 13.0 Å². The van der Waals surface area contributed by atoms with Crippen molar-refractivity contribution in [1.29, 1.82) is 0 Å². The summed E-state index contributed by atoms with van der Waals surface area (Å²) < 4.78 is 0. The molecule has 0 N–H and O–H groups in total. The van der Waals surface area contributed by atoms with E-state index in [-0.39, 0.29) is 0 Å². The first-order valence-electron chi connectivity index (χ1n) is 32.0. The number of unbranched alkanes of at least 4 members (excludes halogenated alkanes) is 10. The van der Waals surface area contributed by atoms with Crippen molar-refractivity contribution in [2.45, 2.75) is 164 Å². The second-order valence-electron chi connectivity index (χ2n) is 22.7. The molecule has 2 heterocycles. The number of fused-ring (bicyclic) bond motifs is 4. The first-order chi connectivity index (χ1) is 41.4. The molecular formula is C78H90N4S2. The number of para-hydroxylation sites is 2. The van der Waals surface area contributed by atoms with Crippen LogP contribution in [0.15, 0.2) is 165 Å². The molecule has 434 valence electrons. The quantitative estimate of drug-likeness (QED) is 0.0273. The van der Waals surface area contributed by atoms with Gasteiger partial charge in [0.2, 0.25) is 0 Å². The third-order valence-electron chi connectivity index (χ3n) is 16.2. The zero-order valence-corrected chi connectivity index (χ0v) is 53.0. The van der Waals surface area contributed by atoms with Crippen LogP contribution >= 0.6 is 23.5 Å². The van der Waals surface area contributed by atoms with E-state index in [4.69, 9.17) is 0 Å². The molecule has 2 aliphatic rings. The number of anilines is 6. The van der Waals surface area contributed by atoms with E-state index in [1.807, 2.05) is 23.5 Å². The van der Waals surface area contributed by atoms with Gasteiger partial charge in [-0.25, -0.2) is 0 Å². The smallest absolute Gasteiger partial charge is 0.0553 e. The fraction of sp³-hybridized carbons (Fsp3) is 0.359. The summed E-state index contributed by atoms with van der Waals surface area (Å²) in [6, 6.07) is 54.2. The lowest BCUT2D eigenvalue weighted by atomic mass is 9.96. The van der Waals surface area contributed by atoms with Crippen LogP contribution in [0.1, 0.15) is 189 Å². The van der Waals surface area contributed by atoms with Gasteiger partial charge in [-0.15, -0.1) is 0 Å².